The molecular weight excluding hydrogens is 276 g/mol. The molecule has 5 nitrogen and oxygen atoms in total. The highest BCUT2D eigenvalue weighted by atomic mass is 35.5. The highest BCUT2D eigenvalue weighted by molar-refractivity contribution is 6.29. The van der Waals surface area contributed by atoms with Crippen molar-refractivity contribution in [1.82, 2.24) is 19.3 Å². The van der Waals surface area contributed by atoms with Crippen molar-refractivity contribution in [1.29, 1.82) is 0 Å². The molecule has 3 heterocycles. The summed E-state index contributed by atoms with van der Waals surface area (Å²) >= 11 is 5.76. The van der Waals surface area contributed by atoms with Crippen LogP contribution < -0.4 is 5.56 Å². The fourth-order valence-corrected chi connectivity index (χ4v) is 2.05. The molecule has 3 rings (SSSR count). The average molecular weight is 287 g/mol. The summed E-state index contributed by atoms with van der Waals surface area (Å²) < 4.78 is 3.25. The van der Waals surface area contributed by atoms with Gasteiger partial charge in [-0.1, -0.05) is 11.6 Å². The van der Waals surface area contributed by atoms with Crippen LogP contribution in [0.25, 0.3) is 16.8 Å². The molecule has 0 atom stereocenters. The Hall–Kier alpha value is -2.40. The first-order valence-corrected chi connectivity index (χ1v) is 6.35. The van der Waals surface area contributed by atoms with E-state index in [0.717, 1.165) is 11.1 Å². The van der Waals surface area contributed by atoms with E-state index in [0.29, 0.717) is 10.8 Å². The van der Waals surface area contributed by atoms with Gasteiger partial charge in [-0.2, -0.15) is 5.10 Å². The molecule has 0 amide bonds. The fourth-order valence-electron chi connectivity index (χ4n) is 1.94. The maximum atomic E-state index is 12.0. The fraction of sp³-hybridized carbons (Fsp3) is 0.0714. The van der Waals surface area contributed by atoms with Gasteiger partial charge in [-0.15, -0.1) is 0 Å². The van der Waals surface area contributed by atoms with Crippen molar-refractivity contribution in [3.63, 3.8) is 0 Å². The molecule has 0 aliphatic heterocycles. The number of hydrogen-bond donors (Lipinski definition) is 0. The first-order chi connectivity index (χ1) is 9.63. The maximum absolute atomic E-state index is 12.0. The van der Waals surface area contributed by atoms with Crippen LogP contribution in [0.1, 0.15) is 0 Å². The Morgan fingerprint density at radius 1 is 1.05 bits per heavy atom. The molecule has 0 fully saturated rings. The quantitative estimate of drug-likeness (QED) is 0.679. The molecule has 0 saturated heterocycles. The molecule has 0 unspecified atom stereocenters. The minimum absolute atomic E-state index is 0.123. The summed E-state index contributed by atoms with van der Waals surface area (Å²) in [6.07, 6.45) is 6.98. The first-order valence-electron chi connectivity index (χ1n) is 5.97. The van der Waals surface area contributed by atoms with Gasteiger partial charge in [0.15, 0.2) is 0 Å². The molecule has 0 spiro atoms. The monoisotopic (exact) mass is 286 g/mol. The zero-order valence-corrected chi connectivity index (χ0v) is 11.4. The lowest BCUT2D eigenvalue weighted by atomic mass is 10.1. The van der Waals surface area contributed by atoms with Gasteiger partial charge >= 0.3 is 0 Å². The van der Waals surface area contributed by atoms with Crippen LogP contribution in [-0.2, 0) is 7.05 Å². The van der Waals surface area contributed by atoms with Crippen molar-refractivity contribution in [2.45, 2.75) is 0 Å². The van der Waals surface area contributed by atoms with Crippen LogP contribution in [0.15, 0.2) is 53.8 Å². The third-order valence-electron chi connectivity index (χ3n) is 2.94. The summed E-state index contributed by atoms with van der Waals surface area (Å²) in [5, 5.41) is 4.52. The molecule has 20 heavy (non-hydrogen) atoms. The van der Waals surface area contributed by atoms with Crippen LogP contribution in [0.5, 0.6) is 0 Å². The van der Waals surface area contributed by atoms with Crippen molar-refractivity contribution >= 4 is 11.6 Å². The molecule has 0 aromatic carbocycles. The summed E-state index contributed by atoms with van der Waals surface area (Å²) in [7, 11) is 1.85. The van der Waals surface area contributed by atoms with Crippen molar-refractivity contribution in [2.75, 3.05) is 0 Å². The second-order valence-electron chi connectivity index (χ2n) is 4.37. The van der Waals surface area contributed by atoms with Gasteiger partial charge in [0.1, 0.15) is 5.15 Å². The second kappa shape index (κ2) is 4.94. The predicted octanol–water partition coefficient (Wildman–Crippen LogP) is 2.29. The Kier molecular flexibility index (Phi) is 3.12. The lowest BCUT2D eigenvalue weighted by Gasteiger charge is -2.07. The van der Waals surface area contributed by atoms with Crippen LogP contribution in [0.3, 0.4) is 0 Å². The highest BCUT2D eigenvalue weighted by Gasteiger charge is 2.05. The molecule has 6 heteroatoms. The number of hydrogen-bond acceptors (Lipinski definition) is 3. The zero-order valence-electron chi connectivity index (χ0n) is 10.7. The van der Waals surface area contributed by atoms with E-state index >= 15 is 0 Å². The Morgan fingerprint density at radius 2 is 1.90 bits per heavy atom. The molecule has 3 aromatic rings. The van der Waals surface area contributed by atoms with E-state index in [-0.39, 0.29) is 5.56 Å². The van der Waals surface area contributed by atoms with Crippen molar-refractivity contribution in [3.8, 4) is 16.8 Å². The van der Waals surface area contributed by atoms with Gasteiger partial charge in [-0.25, -0.2) is 4.98 Å². The zero-order chi connectivity index (χ0) is 14.1. The molecule has 0 bridgehead atoms. The maximum Gasteiger partial charge on any atom is 0.255 e. The van der Waals surface area contributed by atoms with Crippen molar-refractivity contribution < 1.29 is 0 Å². The van der Waals surface area contributed by atoms with Crippen LogP contribution >= 0.6 is 11.6 Å². The number of aromatic nitrogens is 4. The SMILES string of the molecule is Cn1cc(-c2ccc(=O)n(-c3ccc(Cl)nc3)c2)cn1. The van der Waals surface area contributed by atoms with Crippen LogP contribution in [0, 0.1) is 0 Å². The lowest BCUT2D eigenvalue weighted by Crippen LogP contribution is -2.16. The summed E-state index contributed by atoms with van der Waals surface area (Å²) in [4.78, 5) is 16.0. The molecule has 0 aliphatic rings. The number of pyridine rings is 2. The van der Waals surface area contributed by atoms with Gasteiger partial charge in [0.2, 0.25) is 0 Å². The number of nitrogens with zero attached hydrogens (tertiary/aromatic N) is 4. The van der Waals surface area contributed by atoms with E-state index in [4.69, 9.17) is 11.6 Å². The first kappa shape index (κ1) is 12.6. The Bertz CT molecular complexity index is 805. The molecular formula is C14H11ClN4O. The second-order valence-corrected chi connectivity index (χ2v) is 4.76. The Morgan fingerprint density at radius 3 is 2.55 bits per heavy atom. The normalized spacial score (nSPS) is 10.7. The minimum atomic E-state index is -0.123. The molecule has 0 radical (unpaired) electrons. The number of halogens is 1. The van der Waals surface area contributed by atoms with Crippen LogP contribution in [0.4, 0.5) is 0 Å². The predicted molar refractivity (Wildman–Crippen MR) is 77.0 cm³/mol. The number of aryl methyl sites for hydroxylation is 1. The molecule has 100 valence electrons. The van der Waals surface area contributed by atoms with Crippen LogP contribution in [0.2, 0.25) is 5.15 Å². The van der Waals surface area contributed by atoms with Gasteiger partial charge in [0.25, 0.3) is 5.56 Å². The minimum Gasteiger partial charge on any atom is -0.282 e. The standard InChI is InChI=1S/C14H11ClN4O/c1-18-8-11(6-17-18)10-2-5-14(20)19(9-10)12-3-4-13(15)16-7-12/h2-9H,1H3. The lowest BCUT2D eigenvalue weighted by molar-refractivity contribution is 0.768. The van der Waals surface area contributed by atoms with E-state index in [1.165, 1.54) is 10.6 Å². The van der Waals surface area contributed by atoms with Gasteiger partial charge in [0, 0.05) is 36.6 Å². The van der Waals surface area contributed by atoms with Crippen molar-refractivity contribution in [3.05, 3.63) is 64.6 Å². The molecule has 3 aromatic heterocycles. The van der Waals surface area contributed by atoms with Gasteiger partial charge in [-0.05, 0) is 18.2 Å². The van der Waals surface area contributed by atoms with E-state index in [9.17, 15) is 4.79 Å². The topological polar surface area (TPSA) is 52.7 Å². The number of rotatable bonds is 2. The van der Waals surface area contributed by atoms with Crippen molar-refractivity contribution in [2.24, 2.45) is 7.05 Å². The van der Waals surface area contributed by atoms with Gasteiger partial charge in [-0.3, -0.25) is 14.0 Å². The summed E-state index contributed by atoms with van der Waals surface area (Å²) in [6, 6.07) is 6.71. The summed E-state index contributed by atoms with van der Waals surface area (Å²) in [5.74, 6) is 0. The Labute approximate surface area is 120 Å². The largest absolute Gasteiger partial charge is 0.282 e. The Balaban J connectivity index is 2.11. The summed E-state index contributed by atoms with van der Waals surface area (Å²) in [6.45, 7) is 0. The summed E-state index contributed by atoms with van der Waals surface area (Å²) in [5.41, 5.74) is 2.41. The smallest absolute Gasteiger partial charge is 0.255 e. The van der Waals surface area contributed by atoms with E-state index in [1.807, 2.05) is 13.2 Å². The average Bonchev–Trinajstić information content (AvgIpc) is 2.87. The van der Waals surface area contributed by atoms with E-state index in [2.05, 4.69) is 10.1 Å². The van der Waals surface area contributed by atoms with Gasteiger partial charge < -0.3 is 0 Å². The third-order valence-corrected chi connectivity index (χ3v) is 3.16. The molecule has 0 saturated carbocycles. The molecule has 0 N–H and O–H groups in total. The highest BCUT2D eigenvalue weighted by Crippen LogP contribution is 2.18. The van der Waals surface area contributed by atoms with Gasteiger partial charge in [0.05, 0.1) is 18.1 Å². The van der Waals surface area contributed by atoms with E-state index in [1.54, 1.807) is 41.5 Å². The van der Waals surface area contributed by atoms with E-state index < -0.39 is 0 Å². The van der Waals surface area contributed by atoms with Crippen LogP contribution in [-0.4, -0.2) is 19.3 Å². The third kappa shape index (κ3) is 2.35. The molecule has 0 aliphatic carbocycles.